The number of aromatic nitrogens is 2. The van der Waals surface area contributed by atoms with E-state index in [1.807, 2.05) is 23.9 Å². The van der Waals surface area contributed by atoms with Gasteiger partial charge in [0.25, 0.3) is 0 Å². The Labute approximate surface area is 123 Å². The highest BCUT2D eigenvalue weighted by molar-refractivity contribution is 5.30. The average molecular weight is 289 g/mol. The zero-order valence-corrected chi connectivity index (χ0v) is 12.2. The van der Waals surface area contributed by atoms with Gasteiger partial charge >= 0.3 is 0 Å². The lowest BCUT2D eigenvalue weighted by Gasteiger charge is -2.08. The van der Waals surface area contributed by atoms with Crippen LogP contribution in [-0.2, 0) is 19.7 Å². The van der Waals surface area contributed by atoms with E-state index in [0.717, 1.165) is 17.7 Å². The lowest BCUT2D eigenvalue weighted by atomic mass is 10.2. The predicted molar refractivity (Wildman–Crippen MR) is 78.5 cm³/mol. The van der Waals surface area contributed by atoms with Crippen LogP contribution in [0.1, 0.15) is 30.9 Å². The molecule has 3 rings (SSSR count). The summed E-state index contributed by atoms with van der Waals surface area (Å²) in [5, 5.41) is 7.57. The van der Waals surface area contributed by atoms with Crippen LogP contribution in [0.25, 0.3) is 0 Å². The van der Waals surface area contributed by atoms with Gasteiger partial charge < -0.3 is 10.1 Å². The fourth-order valence-corrected chi connectivity index (χ4v) is 2.18. The Bertz CT molecular complexity index is 607. The fourth-order valence-electron chi connectivity index (χ4n) is 2.18. The minimum atomic E-state index is -0.260. The highest BCUT2D eigenvalue weighted by atomic mass is 19.1. The zero-order valence-electron chi connectivity index (χ0n) is 12.2. The Morgan fingerprint density at radius 3 is 2.90 bits per heavy atom. The number of hydrogen-bond acceptors (Lipinski definition) is 3. The monoisotopic (exact) mass is 289 g/mol. The largest absolute Gasteiger partial charge is 0.489 e. The summed E-state index contributed by atoms with van der Waals surface area (Å²) in [6, 6.07) is 5.47. The molecule has 1 N–H and O–H groups in total. The van der Waals surface area contributed by atoms with Crippen molar-refractivity contribution in [2.24, 2.45) is 0 Å². The van der Waals surface area contributed by atoms with Crippen molar-refractivity contribution in [3.05, 3.63) is 47.5 Å². The molecule has 0 aliphatic heterocycles. The summed E-state index contributed by atoms with van der Waals surface area (Å²) in [7, 11) is 0. The number of benzene rings is 1. The number of ether oxygens (including phenoxy) is 1. The first-order valence-electron chi connectivity index (χ1n) is 7.40. The smallest absolute Gasteiger partial charge is 0.127 e. The summed E-state index contributed by atoms with van der Waals surface area (Å²) in [6.45, 7) is 3.95. The van der Waals surface area contributed by atoms with Crippen molar-refractivity contribution in [1.82, 2.24) is 15.1 Å². The second-order valence-electron chi connectivity index (χ2n) is 5.44. The second-order valence-corrected chi connectivity index (χ2v) is 5.44. The normalized spacial score (nSPS) is 14.4. The summed E-state index contributed by atoms with van der Waals surface area (Å²) >= 11 is 0. The molecule has 1 aromatic carbocycles. The lowest BCUT2D eigenvalue weighted by molar-refractivity contribution is 0.304. The molecule has 1 heterocycles. The average Bonchev–Trinajstić information content (AvgIpc) is 3.19. The molecule has 0 unspecified atom stereocenters. The Hall–Kier alpha value is -1.88. The molecule has 0 amide bonds. The van der Waals surface area contributed by atoms with E-state index in [0.29, 0.717) is 24.9 Å². The van der Waals surface area contributed by atoms with Gasteiger partial charge in [-0.25, -0.2) is 4.39 Å². The van der Waals surface area contributed by atoms with E-state index in [1.54, 1.807) is 12.3 Å². The third-order valence-corrected chi connectivity index (χ3v) is 3.52. The summed E-state index contributed by atoms with van der Waals surface area (Å²) < 4.78 is 21.1. The topological polar surface area (TPSA) is 39.1 Å². The first-order chi connectivity index (χ1) is 10.2. The highest BCUT2D eigenvalue weighted by Gasteiger charge is 2.20. The van der Waals surface area contributed by atoms with Gasteiger partial charge in [-0.1, -0.05) is 0 Å². The van der Waals surface area contributed by atoms with Crippen molar-refractivity contribution in [3.8, 4) is 5.75 Å². The number of nitrogens with zero attached hydrogens (tertiary/aromatic N) is 2. The van der Waals surface area contributed by atoms with Gasteiger partial charge in [-0.2, -0.15) is 5.10 Å². The SMILES string of the molecule is CCn1cc(COc2cc(F)cc(CNC3CC3)c2)cn1. The second kappa shape index (κ2) is 6.26. The highest BCUT2D eigenvalue weighted by Crippen LogP contribution is 2.21. The molecule has 2 aromatic rings. The van der Waals surface area contributed by atoms with Gasteiger partial charge in [0, 0.05) is 37.0 Å². The zero-order chi connectivity index (χ0) is 14.7. The lowest BCUT2D eigenvalue weighted by Crippen LogP contribution is -2.15. The summed E-state index contributed by atoms with van der Waals surface area (Å²) in [5.41, 5.74) is 1.90. The van der Waals surface area contributed by atoms with E-state index in [2.05, 4.69) is 10.4 Å². The maximum Gasteiger partial charge on any atom is 0.127 e. The predicted octanol–water partition coefficient (Wildman–Crippen LogP) is 2.87. The molecule has 1 fully saturated rings. The van der Waals surface area contributed by atoms with Crippen LogP contribution < -0.4 is 10.1 Å². The number of hydrogen-bond donors (Lipinski definition) is 1. The molecule has 1 aliphatic carbocycles. The number of halogens is 1. The third kappa shape index (κ3) is 4.04. The maximum atomic E-state index is 13.6. The molecular formula is C16H20FN3O. The maximum absolute atomic E-state index is 13.6. The molecule has 5 heteroatoms. The summed E-state index contributed by atoms with van der Waals surface area (Å²) in [5.74, 6) is 0.302. The van der Waals surface area contributed by atoms with Crippen molar-refractivity contribution in [2.75, 3.05) is 0 Å². The molecule has 4 nitrogen and oxygen atoms in total. The first-order valence-corrected chi connectivity index (χ1v) is 7.40. The minimum Gasteiger partial charge on any atom is -0.489 e. The molecule has 1 aromatic heterocycles. The van der Waals surface area contributed by atoms with Crippen molar-refractivity contribution in [3.63, 3.8) is 0 Å². The van der Waals surface area contributed by atoms with E-state index in [9.17, 15) is 4.39 Å². The Morgan fingerprint density at radius 1 is 1.33 bits per heavy atom. The minimum absolute atomic E-state index is 0.260. The van der Waals surface area contributed by atoms with Crippen molar-refractivity contribution >= 4 is 0 Å². The molecule has 0 bridgehead atoms. The van der Waals surface area contributed by atoms with Crippen LogP contribution in [0.4, 0.5) is 4.39 Å². The quantitative estimate of drug-likeness (QED) is 0.852. The number of rotatable bonds is 7. The molecule has 0 radical (unpaired) electrons. The molecule has 1 aliphatic rings. The van der Waals surface area contributed by atoms with Gasteiger partial charge in [0.1, 0.15) is 18.2 Å². The molecule has 0 spiro atoms. The van der Waals surface area contributed by atoms with Crippen LogP contribution in [0.5, 0.6) is 5.75 Å². The Morgan fingerprint density at radius 2 is 2.19 bits per heavy atom. The molecule has 0 atom stereocenters. The van der Waals surface area contributed by atoms with Crippen molar-refractivity contribution < 1.29 is 9.13 Å². The number of aryl methyl sites for hydroxylation is 1. The van der Waals surface area contributed by atoms with Crippen LogP contribution in [0.3, 0.4) is 0 Å². The van der Waals surface area contributed by atoms with Crippen LogP contribution in [0.2, 0.25) is 0 Å². The van der Waals surface area contributed by atoms with Gasteiger partial charge in [0.05, 0.1) is 6.20 Å². The van der Waals surface area contributed by atoms with Crippen molar-refractivity contribution in [2.45, 2.75) is 45.5 Å². The van der Waals surface area contributed by atoms with Gasteiger partial charge in [0.2, 0.25) is 0 Å². The summed E-state index contributed by atoms with van der Waals surface area (Å²) in [4.78, 5) is 0. The Kier molecular flexibility index (Phi) is 4.20. The van der Waals surface area contributed by atoms with E-state index in [1.165, 1.54) is 18.9 Å². The van der Waals surface area contributed by atoms with Crippen molar-refractivity contribution in [1.29, 1.82) is 0 Å². The number of nitrogens with one attached hydrogen (secondary N) is 1. The van der Waals surface area contributed by atoms with Crippen LogP contribution in [0.15, 0.2) is 30.6 Å². The summed E-state index contributed by atoms with van der Waals surface area (Å²) in [6.07, 6.45) is 6.16. The molecule has 0 saturated heterocycles. The van der Waals surface area contributed by atoms with E-state index in [-0.39, 0.29) is 5.82 Å². The van der Waals surface area contributed by atoms with Gasteiger partial charge in [0.15, 0.2) is 0 Å². The molecular weight excluding hydrogens is 269 g/mol. The van der Waals surface area contributed by atoms with E-state index < -0.39 is 0 Å². The fraction of sp³-hybridized carbons (Fsp3) is 0.438. The van der Waals surface area contributed by atoms with Crippen LogP contribution in [0, 0.1) is 5.82 Å². The third-order valence-electron chi connectivity index (χ3n) is 3.52. The van der Waals surface area contributed by atoms with Crippen LogP contribution >= 0.6 is 0 Å². The molecule has 112 valence electrons. The standard InChI is InChI=1S/C16H20FN3O/c1-2-20-10-13(9-19-20)11-21-16-6-12(5-14(17)7-16)8-18-15-3-4-15/h5-7,9-10,15,18H,2-4,8,11H2,1H3. The van der Waals surface area contributed by atoms with Crippen LogP contribution in [-0.4, -0.2) is 15.8 Å². The van der Waals surface area contributed by atoms with E-state index in [4.69, 9.17) is 4.74 Å². The Balaban J connectivity index is 1.60. The van der Waals surface area contributed by atoms with Gasteiger partial charge in [-0.15, -0.1) is 0 Å². The van der Waals surface area contributed by atoms with Gasteiger partial charge in [-0.3, -0.25) is 4.68 Å². The molecule has 1 saturated carbocycles. The van der Waals surface area contributed by atoms with Gasteiger partial charge in [-0.05, 0) is 37.5 Å². The molecule has 21 heavy (non-hydrogen) atoms. The first kappa shape index (κ1) is 14.1. The van der Waals surface area contributed by atoms with E-state index >= 15 is 0 Å².